The number of para-hydroxylation sites is 2. The third-order valence-corrected chi connectivity index (χ3v) is 13.7. The maximum atomic E-state index is 2.46. The Morgan fingerprint density at radius 2 is 0.891 bits per heavy atom. The van der Waals surface area contributed by atoms with Gasteiger partial charge >= 0.3 is 0 Å². The second-order valence-electron chi connectivity index (χ2n) is 17.1. The SMILES string of the molecule is CCC1(CC)c2cc(/C=C/c3ccc(-c4ccc5cc(-c6ccccc6)c(-c6ccccc6)cc5c4)c4ccccc34)ccc2-c2ccc(N(c3ccccc3)c3ccccc3)cc21. The molecule has 1 nitrogen and oxygen atoms in total. The van der Waals surface area contributed by atoms with Gasteiger partial charge in [-0.05, 0) is 156 Å². The van der Waals surface area contributed by atoms with E-state index in [1.807, 2.05) is 0 Å². The molecule has 0 saturated carbocycles. The molecule has 0 saturated heterocycles. The zero-order valence-electron chi connectivity index (χ0n) is 36.4. The van der Waals surface area contributed by atoms with Gasteiger partial charge in [-0.15, -0.1) is 0 Å². The number of nitrogens with zero attached hydrogens (tertiary/aromatic N) is 1. The summed E-state index contributed by atoms with van der Waals surface area (Å²) in [5.74, 6) is 0. The average molecular weight is 820 g/mol. The molecule has 11 rings (SSSR count). The molecule has 0 fully saturated rings. The van der Waals surface area contributed by atoms with Crippen LogP contribution in [0.5, 0.6) is 0 Å². The van der Waals surface area contributed by atoms with E-state index in [0.717, 1.165) is 24.2 Å². The van der Waals surface area contributed by atoms with Crippen LogP contribution in [0.2, 0.25) is 0 Å². The van der Waals surface area contributed by atoms with Crippen molar-refractivity contribution < 1.29 is 0 Å². The molecule has 306 valence electrons. The van der Waals surface area contributed by atoms with Crippen LogP contribution in [0.15, 0.2) is 224 Å². The largest absolute Gasteiger partial charge is 0.310 e. The molecule has 0 N–H and O–H groups in total. The molecule has 0 aromatic heterocycles. The van der Waals surface area contributed by atoms with Crippen molar-refractivity contribution in [3.05, 3.63) is 247 Å². The molecule has 64 heavy (non-hydrogen) atoms. The fourth-order valence-corrected chi connectivity index (χ4v) is 10.4. The Kier molecular flexibility index (Phi) is 10.1. The topological polar surface area (TPSA) is 3.24 Å². The fourth-order valence-electron chi connectivity index (χ4n) is 10.4. The van der Waals surface area contributed by atoms with E-state index >= 15 is 0 Å². The standard InChI is InChI=1S/C63H49N/c1-3-63(4-2)61-39-44(30-36-57(61)58-38-35-53(43-62(58)63)64(51-23-13-7-14-24-51)52-25-15-8-16-26-52)29-31-47-34-37-55(56-28-18-17-27-54(47)56)49-33-32-48-41-59(45-19-9-5-10-20-45)60(42-50(48)40-49)46-21-11-6-12-22-46/h5-43H,3-4H2,1-2H3/b31-29+. The summed E-state index contributed by atoms with van der Waals surface area (Å²) in [5, 5.41) is 4.98. The minimum absolute atomic E-state index is 0.0806. The second kappa shape index (κ2) is 16.5. The van der Waals surface area contributed by atoms with Gasteiger partial charge in [0.15, 0.2) is 0 Å². The van der Waals surface area contributed by atoms with E-state index < -0.39 is 0 Å². The van der Waals surface area contributed by atoms with Crippen molar-refractivity contribution in [3.63, 3.8) is 0 Å². The molecule has 0 radical (unpaired) electrons. The van der Waals surface area contributed by atoms with Gasteiger partial charge in [-0.2, -0.15) is 0 Å². The normalized spacial score (nSPS) is 12.7. The van der Waals surface area contributed by atoms with Crippen LogP contribution >= 0.6 is 0 Å². The molecule has 0 aliphatic heterocycles. The Morgan fingerprint density at radius 3 is 1.52 bits per heavy atom. The molecule has 0 amide bonds. The Morgan fingerprint density at radius 1 is 0.359 bits per heavy atom. The Balaban J connectivity index is 0.940. The molecule has 0 spiro atoms. The van der Waals surface area contributed by atoms with Gasteiger partial charge in [0.2, 0.25) is 0 Å². The lowest BCUT2D eigenvalue weighted by atomic mass is 9.73. The minimum atomic E-state index is -0.0806. The summed E-state index contributed by atoms with van der Waals surface area (Å²) in [6, 6.07) is 82.4. The number of rotatable bonds is 10. The number of hydrogen-bond donors (Lipinski definition) is 0. The van der Waals surface area contributed by atoms with E-state index in [0.29, 0.717) is 0 Å². The first-order chi connectivity index (χ1) is 31.6. The quantitative estimate of drug-likeness (QED) is 0.124. The lowest BCUT2D eigenvalue weighted by molar-refractivity contribution is 0.490. The highest BCUT2D eigenvalue weighted by Gasteiger charge is 2.41. The molecule has 1 aliphatic rings. The lowest BCUT2D eigenvalue weighted by Crippen LogP contribution is -2.23. The van der Waals surface area contributed by atoms with Crippen LogP contribution in [0.1, 0.15) is 48.9 Å². The summed E-state index contributed by atoms with van der Waals surface area (Å²) in [4.78, 5) is 2.38. The van der Waals surface area contributed by atoms with E-state index in [-0.39, 0.29) is 5.41 Å². The summed E-state index contributed by atoms with van der Waals surface area (Å²) >= 11 is 0. The van der Waals surface area contributed by atoms with E-state index in [4.69, 9.17) is 0 Å². The van der Waals surface area contributed by atoms with Crippen LogP contribution < -0.4 is 4.90 Å². The van der Waals surface area contributed by atoms with Gasteiger partial charge in [0, 0.05) is 22.5 Å². The van der Waals surface area contributed by atoms with Gasteiger partial charge in [-0.1, -0.05) is 196 Å². The average Bonchev–Trinajstić information content (AvgIpc) is 3.64. The number of anilines is 3. The monoisotopic (exact) mass is 819 g/mol. The first kappa shape index (κ1) is 39.1. The van der Waals surface area contributed by atoms with Gasteiger partial charge in [-0.25, -0.2) is 0 Å². The first-order valence-electron chi connectivity index (χ1n) is 22.7. The molecular formula is C63H49N. The number of benzene rings is 10. The molecule has 10 aromatic carbocycles. The molecule has 0 bridgehead atoms. The fraction of sp³-hybridized carbons (Fsp3) is 0.0794. The van der Waals surface area contributed by atoms with Crippen molar-refractivity contribution in [3.8, 4) is 44.5 Å². The maximum absolute atomic E-state index is 2.46. The van der Waals surface area contributed by atoms with Crippen LogP contribution in [-0.4, -0.2) is 0 Å². The van der Waals surface area contributed by atoms with E-state index in [2.05, 4.69) is 255 Å². The predicted molar refractivity (Wildman–Crippen MR) is 275 cm³/mol. The molecule has 1 heteroatoms. The highest BCUT2D eigenvalue weighted by molar-refractivity contribution is 6.05. The highest BCUT2D eigenvalue weighted by atomic mass is 15.1. The second-order valence-corrected chi connectivity index (χ2v) is 17.1. The van der Waals surface area contributed by atoms with Crippen molar-refractivity contribution in [1.29, 1.82) is 0 Å². The lowest BCUT2D eigenvalue weighted by Gasteiger charge is -2.32. The van der Waals surface area contributed by atoms with Crippen LogP contribution in [-0.2, 0) is 5.41 Å². The van der Waals surface area contributed by atoms with Crippen LogP contribution in [0.3, 0.4) is 0 Å². The summed E-state index contributed by atoms with van der Waals surface area (Å²) in [5.41, 5.74) is 18.8. The number of fused-ring (bicyclic) bond motifs is 5. The summed E-state index contributed by atoms with van der Waals surface area (Å²) in [6.45, 7) is 4.72. The smallest absolute Gasteiger partial charge is 0.0465 e. The molecule has 1 aliphatic carbocycles. The molecule has 0 atom stereocenters. The zero-order valence-corrected chi connectivity index (χ0v) is 36.4. The first-order valence-corrected chi connectivity index (χ1v) is 22.7. The van der Waals surface area contributed by atoms with E-state index in [1.54, 1.807) is 0 Å². The minimum Gasteiger partial charge on any atom is -0.310 e. The Labute approximate surface area is 377 Å². The third kappa shape index (κ3) is 6.82. The molecule has 0 heterocycles. The van der Waals surface area contributed by atoms with Gasteiger partial charge in [0.1, 0.15) is 0 Å². The van der Waals surface area contributed by atoms with Gasteiger partial charge in [-0.3, -0.25) is 0 Å². The van der Waals surface area contributed by atoms with Gasteiger partial charge in [0.05, 0.1) is 0 Å². The van der Waals surface area contributed by atoms with Crippen molar-refractivity contribution in [2.24, 2.45) is 0 Å². The summed E-state index contributed by atoms with van der Waals surface area (Å²) in [6.07, 6.45) is 6.67. The zero-order chi connectivity index (χ0) is 43.0. The van der Waals surface area contributed by atoms with Crippen molar-refractivity contribution in [2.75, 3.05) is 4.90 Å². The van der Waals surface area contributed by atoms with Crippen molar-refractivity contribution >= 4 is 50.8 Å². The highest BCUT2D eigenvalue weighted by Crippen LogP contribution is 2.54. The number of hydrogen-bond acceptors (Lipinski definition) is 1. The van der Waals surface area contributed by atoms with Crippen molar-refractivity contribution in [1.82, 2.24) is 0 Å². The van der Waals surface area contributed by atoms with Crippen molar-refractivity contribution in [2.45, 2.75) is 32.1 Å². The van der Waals surface area contributed by atoms with Crippen LogP contribution in [0.4, 0.5) is 17.1 Å². The van der Waals surface area contributed by atoms with E-state index in [9.17, 15) is 0 Å². The molecule has 0 unspecified atom stereocenters. The van der Waals surface area contributed by atoms with Crippen LogP contribution in [0.25, 0.3) is 78.2 Å². The Hall–Kier alpha value is -7.74. The summed E-state index contributed by atoms with van der Waals surface area (Å²) in [7, 11) is 0. The van der Waals surface area contributed by atoms with Gasteiger partial charge < -0.3 is 4.90 Å². The predicted octanol–water partition coefficient (Wildman–Crippen LogP) is 17.7. The molecular weight excluding hydrogens is 771 g/mol. The van der Waals surface area contributed by atoms with Gasteiger partial charge in [0.25, 0.3) is 0 Å². The Bertz CT molecular complexity index is 3290. The van der Waals surface area contributed by atoms with Crippen LogP contribution in [0, 0.1) is 0 Å². The maximum Gasteiger partial charge on any atom is 0.0465 e. The molecule has 10 aromatic rings. The summed E-state index contributed by atoms with van der Waals surface area (Å²) < 4.78 is 0. The third-order valence-electron chi connectivity index (χ3n) is 13.7. The van der Waals surface area contributed by atoms with E-state index in [1.165, 1.54) is 94.0 Å².